The second-order valence-corrected chi connectivity index (χ2v) is 9.93. The topological polar surface area (TPSA) is 81.1 Å². The number of carbonyl (C=O) groups is 2. The highest BCUT2D eigenvalue weighted by molar-refractivity contribution is 6.02. The fraction of sp³-hybridized carbons (Fsp3) is 0.200. The summed E-state index contributed by atoms with van der Waals surface area (Å²) in [6.45, 7) is 4.04. The van der Waals surface area contributed by atoms with Crippen molar-refractivity contribution in [2.24, 2.45) is 5.41 Å². The van der Waals surface area contributed by atoms with Gasteiger partial charge in [0.1, 0.15) is 5.56 Å². The number of fused-ring (bicyclic) bond motifs is 1. The molecule has 2 heterocycles. The van der Waals surface area contributed by atoms with Gasteiger partial charge in [-0.1, -0.05) is 62.4 Å². The van der Waals surface area contributed by atoms with E-state index < -0.39 is 17.5 Å². The third-order valence-electron chi connectivity index (χ3n) is 6.60. The van der Waals surface area contributed by atoms with Crippen LogP contribution in [0.4, 0.5) is 0 Å². The van der Waals surface area contributed by atoms with Gasteiger partial charge in [-0.3, -0.25) is 23.9 Å². The summed E-state index contributed by atoms with van der Waals surface area (Å²) >= 11 is 0. The van der Waals surface area contributed by atoms with Crippen molar-refractivity contribution in [3.63, 3.8) is 0 Å². The number of nitrogens with one attached hydrogen (secondary N) is 1. The first-order chi connectivity index (χ1) is 17.3. The molecule has 0 radical (unpaired) electrons. The van der Waals surface area contributed by atoms with Crippen LogP contribution in [0, 0.1) is 5.41 Å². The SMILES string of the molecule is CC1(C)CC(=O)c2cc(C(=O)NC(c3ccccc3)c3ccncc3)c(=O)n(-c3ccccc3)c2C1. The minimum absolute atomic E-state index is 0.0550. The van der Waals surface area contributed by atoms with Crippen molar-refractivity contribution in [3.05, 3.63) is 130 Å². The number of pyridine rings is 2. The maximum Gasteiger partial charge on any atom is 0.268 e. The molecular weight excluding hydrogens is 450 g/mol. The highest BCUT2D eigenvalue weighted by Crippen LogP contribution is 2.35. The molecule has 1 amide bonds. The molecule has 2 aromatic heterocycles. The lowest BCUT2D eigenvalue weighted by atomic mass is 9.75. The number of nitrogens with zero attached hydrogens (tertiary/aromatic N) is 2. The standard InChI is InChI=1S/C30H27N3O3/c1-30(2)18-25-23(26(34)19-30)17-24(29(36)33(25)22-11-7-4-8-12-22)28(35)32-27(20-9-5-3-6-10-20)21-13-15-31-16-14-21/h3-17,27H,18-19H2,1-2H3,(H,32,35). The number of hydrogen-bond acceptors (Lipinski definition) is 4. The lowest BCUT2D eigenvalue weighted by Crippen LogP contribution is -2.39. The van der Waals surface area contributed by atoms with Crippen LogP contribution in [-0.4, -0.2) is 21.2 Å². The maximum absolute atomic E-state index is 13.8. The van der Waals surface area contributed by atoms with Crippen molar-refractivity contribution < 1.29 is 9.59 Å². The third-order valence-corrected chi connectivity index (χ3v) is 6.60. The van der Waals surface area contributed by atoms with E-state index in [1.807, 2.05) is 86.6 Å². The molecule has 4 aromatic rings. The van der Waals surface area contributed by atoms with E-state index in [0.29, 0.717) is 29.8 Å². The van der Waals surface area contributed by atoms with Crippen LogP contribution in [0.25, 0.3) is 5.69 Å². The molecule has 0 fully saturated rings. The van der Waals surface area contributed by atoms with Crippen LogP contribution >= 0.6 is 0 Å². The second kappa shape index (κ2) is 9.38. The molecule has 1 aliphatic carbocycles. The number of hydrogen-bond donors (Lipinski definition) is 1. The molecule has 5 rings (SSSR count). The quantitative estimate of drug-likeness (QED) is 0.443. The van der Waals surface area contributed by atoms with E-state index in [1.165, 1.54) is 10.6 Å². The summed E-state index contributed by atoms with van der Waals surface area (Å²) in [5, 5.41) is 3.03. The van der Waals surface area contributed by atoms with Gasteiger partial charge in [-0.15, -0.1) is 0 Å². The summed E-state index contributed by atoms with van der Waals surface area (Å²) < 4.78 is 1.53. The predicted octanol–water partition coefficient (Wildman–Crippen LogP) is 4.91. The number of Topliss-reactive ketones (excluding diaryl/α,β-unsaturated/α-hetero) is 1. The molecule has 6 nitrogen and oxygen atoms in total. The first kappa shape index (κ1) is 23.4. The van der Waals surface area contributed by atoms with Crippen molar-refractivity contribution in [3.8, 4) is 5.69 Å². The van der Waals surface area contributed by atoms with Gasteiger partial charge in [-0.25, -0.2) is 0 Å². The van der Waals surface area contributed by atoms with Crippen LogP contribution < -0.4 is 10.9 Å². The minimum atomic E-state index is -0.532. The number of para-hydroxylation sites is 1. The van der Waals surface area contributed by atoms with Crippen LogP contribution in [0.15, 0.2) is 96.1 Å². The average molecular weight is 478 g/mol. The number of amides is 1. The van der Waals surface area contributed by atoms with Gasteiger partial charge in [-0.05, 0) is 53.3 Å². The van der Waals surface area contributed by atoms with Gasteiger partial charge >= 0.3 is 0 Å². The molecule has 1 N–H and O–H groups in total. The maximum atomic E-state index is 13.8. The Labute approximate surface area is 209 Å². The van der Waals surface area contributed by atoms with Crippen LogP contribution in [0.5, 0.6) is 0 Å². The van der Waals surface area contributed by atoms with E-state index in [0.717, 1.165) is 11.1 Å². The molecule has 0 saturated carbocycles. The van der Waals surface area contributed by atoms with Crippen molar-refractivity contribution in [1.29, 1.82) is 0 Å². The molecule has 36 heavy (non-hydrogen) atoms. The molecule has 6 heteroatoms. The van der Waals surface area contributed by atoms with Gasteiger partial charge in [-0.2, -0.15) is 0 Å². The summed E-state index contributed by atoms with van der Waals surface area (Å²) in [6.07, 6.45) is 4.25. The average Bonchev–Trinajstić information content (AvgIpc) is 2.88. The minimum Gasteiger partial charge on any atom is -0.341 e. The molecule has 2 aromatic carbocycles. The van der Waals surface area contributed by atoms with Gasteiger partial charge in [0.25, 0.3) is 11.5 Å². The number of benzene rings is 2. The summed E-state index contributed by atoms with van der Waals surface area (Å²) in [5.41, 5.74) is 2.65. The highest BCUT2D eigenvalue weighted by atomic mass is 16.2. The Hall–Kier alpha value is -4.32. The third kappa shape index (κ3) is 4.50. The van der Waals surface area contributed by atoms with Gasteiger partial charge in [0.15, 0.2) is 5.78 Å². The van der Waals surface area contributed by atoms with Crippen LogP contribution in [0.3, 0.4) is 0 Å². The Bertz CT molecular complexity index is 1440. The summed E-state index contributed by atoms with van der Waals surface area (Å²) in [5.74, 6) is -0.593. The first-order valence-corrected chi connectivity index (χ1v) is 12.0. The van der Waals surface area contributed by atoms with Crippen molar-refractivity contribution in [1.82, 2.24) is 14.9 Å². The normalized spacial score (nSPS) is 15.1. The molecule has 180 valence electrons. The number of aromatic nitrogens is 2. The van der Waals surface area contributed by atoms with E-state index >= 15 is 0 Å². The van der Waals surface area contributed by atoms with Gasteiger partial charge < -0.3 is 5.32 Å². The summed E-state index contributed by atoms with van der Waals surface area (Å²) in [7, 11) is 0. The van der Waals surface area contributed by atoms with Crippen molar-refractivity contribution in [2.75, 3.05) is 0 Å². The van der Waals surface area contributed by atoms with Gasteiger partial charge in [0, 0.05) is 35.8 Å². The molecule has 0 aliphatic heterocycles. The Morgan fingerprint density at radius 3 is 2.17 bits per heavy atom. The first-order valence-electron chi connectivity index (χ1n) is 12.0. The van der Waals surface area contributed by atoms with Gasteiger partial charge in [0.05, 0.1) is 6.04 Å². The Morgan fingerprint density at radius 1 is 0.889 bits per heavy atom. The predicted molar refractivity (Wildman–Crippen MR) is 138 cm³/mol. The summed E-state index contributed by atoms with van der Waals surface area (Å²) in [4.78, 5) is 44.8. The van der Waals surface area contributed by atoms with Gasteiger partial charge in [0.2, 0.25) is 0 Å². The van der Waals surface area contributed by atoms with Crippen molar-refractivity contribution >= 4 is 11.7 Å². The Kier molecular flexibility index (Phi) is 6.10. The Morgan fingerprint density at radius 2 is 1.50 bits per heavy atom. The van der Waals surface area contributed by atoms with E-state index in [1.54, 1.807) is 12.4 Å². The van der Waals surface area contributed by atoms with E-state index in [4.69, 9.17) is 0 Å². The lowest BCUT2D eigenvalue weighted by Gasteiger charge is -2.32. The molecule has 1 aliphatic rings. The fourth-order valence-corrected chi connectivity index (χ4v) is 4.90. The van der Waals surface area contributed by atoms with E-state index in [2.05, 4.69) is 10.3 Å². The molecule has 0 spiro atoms. The van der Waals surface area contributed by atoms with E-state index in [-0.39, 0.29) is 16.8 Å². The highest BCUT2D eigenvalue weighted by Gasteiger charge is 2.35. The monoisotopic (exact) mass is 477 g/mol. The zero-order chi connectivity index (χ0) is 25.3. The fourth-order valence-electron chi connectivity index (χ4n) is 4.90. The molecule has 1 atom stereocenters. The molecule has 0 saturated heterocycles. The molecular formula is C30H27N3O3. The number of carbonyl (C=O) groups excluding carboxylic acids is 2. The number of rotatable bonds is 5. The molecule has 0 bridgehead atoms. The van der Waals surface area contributed by atoms with Crippen molar-refractivity contribution in [2.45, 2.75) is 32.7 Å². The zero-order valence-corrected chi connectivity index (χ0v) is 20.3. The summed E-state index contributed by atoms with van der Waals surface area (Å²) in [6, 6.07) is 23.4. The smallest absolute Gasteiger partial charge is 0.268 e. The van der Waals surface area contributed by atoms with Crippen LogP contribution in [-0.2, 0) is 6.42 Å². The molecule has 1 unspecified atom stereocenters. The lowest BCUT2D eigenvalue weighted by molar-refractivity contribution is 0.0908. The van der Waals surface area contributed by atoms with Crippen LogP contribution in [0.1, 0.15) is 63.8 Å². The largest absolute Gasteiger partial charge is 0.341 e. The number of ketones is 1. The van der Waals surface area contributed by atoms with Crippen LogP contribution in [0.2, 0.25) is 0 Å². The van der Waals surface area contributed by atoms with E-state index in [9.17, 15) is 14.4 Å². The second-order valence-electron chi connectivity index (χ2n) is 9.93. The zero-order valence-electron chi connectivity index (χ0n) is 20.3. The Balaban J connectivity index is 1.64.